The monoisotopic (exact) mass is 437 g/mol. The highest BCUT2D eigenvalue weighted by atomic mass is 19.4. The van der Waals surface area contributed by atoms with Gasteiger partial charge in [-0.3, -0.25) is 4.79 Å². The predicted molar refractivity (Wildman–Crippen MR) is 103 cm³/mol. The van der Waals surface area contributed by atoms with Gasteiger partial charge in [0, 0.05) is 17.8 Å². The number of aromatic nitrogens is 4. The van der Waals surface area contributed by atoms with Gasteiger partial charge < -0.3 is 19.5 Å². The van der Waals surface area contributed by atoms with Crippen LogP contribution in [0.15, 0.2) is 30.5 Å². The minimum atomic E-state index is -4.89. The van der Waals surface area contributed by atoms with Crippen molar-refractivity contribution < 1.29 is 32.2 Å². The van der Waals surface area contributed by atoms with Gasteiger partial charge in [0.05, 0.1) is 33.1 Å². The number of alkyl halides is 3. The van der Waals surface area contributed by atoms with Crippen molar-refractivity contribution >= 4 is 11.6 Å². The maximum atomic E-state index is 13.8. The lowest BCUT2D eigenvalue weighted by Crippen LogP contribution is -2.21. The summed E-state index contributed by atoms with van der Waals surface area (Å²) in [5.74, 6) is -0.389. The topological polar surface area (TPSA) is 100 Å². The van der Waals surface area contributed by atoms with Crippen LogP contribution in [0.2, 0.25) is 0 Å². The molecule has 0 saturated carbocycles. The summed E-state index contributed by atoms with van der Waals surface area (Å²) in [6, 6.07) is 5.62. The van der Waals surface area contributed by atoms with E-state index in [-0.39, 0.29) is 17.4 Å². The smallest absolute Gasteiger partial charge is 0.434 e. The van der Waals surface area contributed by atoms with Crippen LogP contribution < -0.4 is 19.5 Å². The van der Waals surface area contributed by atoms with Gasteiger partial charge in [-0.25, -0.2) is 4.68 Å². The zero-order valence-corrected chi connectivity index (χ0v) is 16.9. The number of halogens is 3. The van der Waals surface area contributed by atoms with Crippen LogP contribution in [0.25, 0.3) is 5.82 Å². The Morgan fingerprint density at radius 1 is 1.03 bits per heavy atom. The summed E-state index contributed by atoms with van der Waals surface area (Å²) >= 11 is 0. The molecule has 164 valence electrons. The number of amides is 1. The lowest BCUT2D eigenvalue weighted by atomic mass is 10.1. The summed E-state index contributed by atoms with van der Waals surface area (Å²) < 4.78 is 57.2. The number of hydrogen-bond donors (Lipinski definition) is 1. The third-order valence-corrected chi connectivity index (χ3v) is 4.31. The minimum Gasteiger partial charge on any atom is -0.493 e. The lowest BCUT2D eigenvalue weighted by molar-refractivity contribution is -0.143. The molecule has 0 spiro atoms. The number of carbonyl (C=O) groups is 1. The van der Waals surface area contributed by atoms with Gasteiger partial charge in [0.15, 0.2) is 23.0 Å². The van der Waals surface area contributed by atoms with E-state index in [9.17, 15) is 18.0 Å². The van der Waals surface area contributed by atoms with Crippen LogP contribution in [0.3, 0.4) is 0 Å². The van der Waals surface area contributed by atoms with Crippen molar-refractivity contribution in [1.82, 2.24) is 20.0 Å². The second-order valence-corrected chi connectivity index (χ2v) is 6.23. The highest BCUT2D eigenvalue weighted by Gasteiger charge is 2.41. The van der Waals surface area contributed by atoms with Gasteiger partial charge in [-0.1, -0.05) is 0 Å². The molecule has 0 aliphatic rings. The fourth-order valence-corrected chi connectivity index (χ4v) is 2.80. The van der Waals surface area contributed by atoms with Crippen molar-refractivity contribution in [3.8, 4) is 23.2 Å². The summed E-state index contributed by atoms with van der Waals surface area (Å²) in [7, 11) is 4.19. The number of ether oxygens (including phenoxy) is 3. The van der Waals surface area contributed by atoms with Gasteiger partial charge >= 0.3 is 6.18 Å². The van der Waals surface area contributed by atoms with Crippen molar-refractivity contribution in [1.29, 1.82) is 0 Å². The van der Waals surface area contributed by atoms with Gasteiger partial charge in [0.1, 0.15) is 0 Å². The number of nitrogens with one attached hydrogen (secondary N) is 1. The molecule has 3 aromatic rings. The highest BCUT2D eigenvalue weighted by Crippen LogP contribution is 2.35. The van der Waals surface area contributed by atoms with Crippen molar-refractivity contribution in [3.63, 3.8) is 0 Å². The lowest BCUT2D eigenvalue weighted by Gasteiger charge is -2.15. The van der Waals surface area contributed by atoms with E-state index in [0.717, 1.165) is 6.20 Å². The number of rotatable bonds is 6. The minimum absolute atomic E-state index is 0.117. The van der Waals surface area contributed by atoms with Gasteiger partial charge in [-0.2, -0.15) is 18.3 Å². The number of anilines is 1. The zero-order chi connectivity index (χ0) is 22.8. The van der Waals surface area contributed by atoms with Crippen LogP contribution in [0.5, 0.6) is 17.4 Å². The quantitative estimate of drug-likeness (QED) is 0.632. The Hall–Kier alpha value is -3.83. The molecule has 0 fully saturated rings. The van der Waals surface area contributed by atoms with Gasteiger partial charge in [0.2, 0.25) is 5.88 Å². The number of methoxy groups -OCH3 is 3. The molecule has 0 aliphatic heterocycles. The van der Waals surface area contributed by atoms with E-state index in [2.05, 4.69) is 20.6 Å². The van der Waals surface area contributed by atoms with Crippen LogP contribution in [-0.2, 0) is 6.18 Å². The number of carbonyl (C=O) groups excluding carboxylic acids is 1. The van der Waals surface area contributed by atoms with E-state index in [1.54, 1.807) is 13.0 Å². The van der Waals surface area contributed by atoms with E-state index in [1.165, 1.54) is 39.5 Å². The van der Waals surface area contributed by atoms with E-state index < -0.39 is 23.3 Å². The average Bonchev–Trinajstić information content (AvgIpc) is 3.21. The third kappa shape index (κ3) is 4.37. The molecule has 3 rings (SSSR count). The summed E-state index contributed by atoms with van der Waals surface area (Å²) in [5, 5.41) is 13.5. The summed E-state index contributed by atoms with van der Waals surface area (Å²) in [5.41, 5.74) is -1.15. The molecule has 2 heterocycles. The first-order valence-corrected chi connectivity index (χ1v) is 8.76. The molecule has 0 radical (unpaired) electrons. The van der Waals surface area contributed by atoms with E-state index >= 15 is 0 Å². The normalized spacial score (nSPS) is 11.2. The van der Waals surface area contributed by atoms with E-state index in [4.69, 9.17) is 14.2 Å². The van der Waals surface area contributed by atoms with Crippen LogP contribution in [0.1, 0.15) is 21.6 Å². The molecule has 0 bridgehead atoms. The van der Waals surface area contributed by atoms with Crippen LogP contribution in [0, 0.1) is 6.92 Å². The second-order valence-electron chi connectivity index (χ2n) is 6.23. The first kappa shape index (κ1) is 21.9. The number of benzene rings is 1. The fraction of sp³-hybridized carbons (Fsp3) is 0.263. The average molecular weight is 437 g/mol. The molecule has 31 heavy (non-hydrogen) atoms. The highest BCUT2D eigenvalue weighted by molar-refractivity contribution is 6.05. The van der Waals surface area contributed by atoms with Crippen molar-refractivity contribution in [2.45, 2.75) is 13.1 Å². The molecule has 2 aromatic heterocycles. The first-order chi connectivity index (χ1) is 14.7. The fourth-order valence-electron chi connectivity index (χ4n) is 2.80. The Morgan fingerprint density at radius 3 is 2.26 bits per heavy atom. The molecule has 0 unspecified atom stereocenters. The molecule has 12 heteroatoms. The Labute approximate surface area is 174 Å². The molecular weight excluding hydrogens is 419 g/mol. The van der Waals surface area contributed by atoms with Crippen LogP contribution in [0.4, 0.5) is 18.9 Å². The molecule has 0 saturated heterocycles. The first-order valence-electron chi connectivity index (χ1n) is 8.76. The van der Waals surface area contributed by atoms with Crippen molar-refractivity contribution in [2.24, 2.45) is 0 Å². The summed E-state index contributed by atoms with van der Waals surface area (Å²) in [4.78, 5) is 12.7. The maximum absolute atomic E-state index is 13.8. The second kappa shape index (κ2) is 8.50. The van der Waals surface area contributed by atoms with Gasteiger partial charge in [-0.15, -0.1) is 10.2 Å². The zero-order valence-electron chi connectivity index (χ0n) is 16.9. The van der Waals surface area contributed by atoms with Crippen molar-refractivity contribution in [2.75, 3.05) is 26.6 Å². The van der Waals surface area contributed by atoms with Gasteiger partial charge in [0.25, 0.3) is 5.91 Å². The van der Waals surface area contributed by atoms with E-state index in [1.807, 2.05) is 0 Å². The molecule has 0 atom stereocenters. The maximum Gasteiger partial charge on any atom is 0.434 e. The van der Waals surface area contributed by atoms with Gasteiger partial charge in [-0.05, 0) is 24.6 Å². The SMILES string of the molecule is COc1ccc(-n2ncc(C(=O)Nc3cc(OC)c(OC)cc3C)c2C(F)(F)F)nn1. The summed E-state index contributed by atoms with van der Waals surface area (Å²) in [6.45, 7) is 1.67. The molecular formula is C19H18F3N5O4. The Kier molecular flexibility index (Phi) is 5.99. The molecule has 1 aromatic carbocycles. The van der Waals surface area contributed by atoms with E-state index in [0.29, 0.717) is 21.7 Å². The largest absolute Gasteiger partial charge is 0.493 e. The van der Waals surface area contributed by atoms with Crippen LogP contribution >= 0.6 is 0 Å². The molecule has 1 amide bonds. The molecule has 1 N–H and O–H groups in total. The van der Waals surface area contributed by atoms with Crippen molar-refractivity contribution in [3.05, 3.63) is 47.3 Å². The number of hydrogen-bond acceptors (Lipinski definition) is 7. The number of aryl methyl sites for hydroxylation is 1. The predicted octanol–water partition coefficient (Wildman–Crippen LogP) is 3.27. The molecule has 9 nitrogen and oxygen atoms in total. The standard InChI is InChI=1S/C19H18F3N5O4/c1-10-7-13(29-2)14(30-3)8-12(10)24-18(28)11-9-23-27(17(11)19(20,21)22)15-5-6-16(31-4)26-25-15/h5-9H,1-4H3,(H,24,28). The summed E-state index contributed by atoms with van der Waals surface area (Å²) in [6.07, 6.45) is -4.07. The Balaban J connectivity index is 2.01. The van der Waals surface area contributed by atoms with Crippen LogP contribution in [-0.4, -0.2) is 47.2 Å². The number of nitrogens with zero attached hydrogens (tertiary/aromatic N) is 4. The third-order valence-electron chi connectivity index (χ3n) is 4.31. The Morgan fingerprint density at radius 2 is 1.71 bits per heavy atom. The Bertz CT molecular complexity index is 1100. The molecule has 0 aliphatic carbocycles.